The molecule has 0 aliphatic carbocycles. The molecule has 112 valence electrons. The minimum atomic E-state index is 0.887. The Morgan fingerprint density at radius 2 is 1.86 bits per heavy atom. The summed E-state index contributed by atoms with van der Waals surface area (Å²) in [6.07, 6.45) is 8.36. The fraction of sp³-hybridized carbons (Fsp3) is 0.444. The van der Waals surface area contributed by atoms with Gasteiger partial charge in [0.25, 0.3) is 0 Å². The Hall–Kier alpha value is -1.90. The van der Waals surface area contributed by atoms with Crippen molar-refractivity contribution < 1.29 is 0 Å². The summed E-state index contributed by atoms with van der Waals surface area (Å²) in [6, 6.07) is 10.9. The zero-order valence-electron chi connectivity index (χ0n) is 12.9. The molecule has 0 unspecified atom stereocenters. The predicted molar refractivity (Wildman–Crippen MR) is 89.9 cm³/mol. The number of nitrogens with zero attached hydrogens (tertiary/aromatic N) is 2. The minimum Gasteiger partial charge on any atom is -0.379 e. The lowest BCUT2D eigenvalue weighted by Gasteiger charge is -2.30. The van der Waals surface area contributed by atoms with Crippen LogP contribution in [0, 0.1) is 0 Å². The van der Waals surface area contributed by atoms with E-state index in [1.165, 1.54) is 49.3 Å². The second-order valence-corrected chi connectivity index (χ2v) is 5.77. The van der Waals surface area contributed by atoms with Gasteiger partial charge in [0.2, 0.25) is 0 Å². The Labute approximate surface area is 127 Å². The lowest BCUT2D eigenvalue weighted by atomic mass is 10.1. The fourth-order valence-electron chi connectivity index (χ4n) is 3.02. The van der Waals surface area contributed by atoms with Crippen molar-refractivity contribution in [3.05, 3.63) is 48.3 Å². The molecule has 2 heterocycles. The molecule has 3 rings (SSSR count). The smallest absolute Gasteiger partial charge is 0.0602 e. The van der Waals surface area contributed by atoms with E-state index in [0.717, 1.165) is 13.1 Å². The van der Waals surface area contributed by atoms with Crippen LogP contribution in [0.3, 0.4) is 0 Å². The summed E-state index contributed by atoms with van der Waals surface area (Å²) in [6.45, 7) is 6.46. The first-order valence-corrected chi connectivity index (χ1v) is 8.09. The quantitative estimate of drug-likeness (QED) is 0.891. The highest BCUT2D eigenvalue weighted by atomic mass is 15.1. The Morgan fingerprint density at radius 3 is 2.62 bits per heavy atom. The van der Waals surface area contributed by atoms with Crippen LogP contribution in [0.4, 0.5) is 11.4 Å². The van der Waals surface area contributed by atoms with Gasteiger partial charge in [-0.3, -0.25) is 0 Å². The normalized spacial score (nSPS) is 15.2. The first kappa shape index (κ1) is 14.1. The number of hydrogen-bond donors (Lipinski definition) is 1. The summed E-state index contributed by atoms with van der Waals surface area (Å²) < 4.78 is 2.22. The van der Waals surface area contributed by atoms with Crippen LogP contribution in [0.15, 0.2) is 42.7 Å². The number of para-hydroxylation sites is 2. The molecule has 0 bridgehead atoms. The van der Waals surface area contributed by atoms with Crippen molar-refractivity contribution in [2.45, 2.75) is 39.3 Å². The highest BCUT2D eigenvalue weighted by molar-refractivity contribution is 5.70. The van der Waals surface area contributed by atoms with E-state index in [1.54, 1.807) is 0 Å². The summed E-state index contributed by atoms with van der Waals surface area (Å²) in [5.74, 6) is 0. The second kappa shape index (κ2) is 6.70. The van der Waals surface area contributed by atoms with E-state index in [0.29, 0.717) is 0 Å². The number of rotatable bonds is 5. The van der Waals surface area contributed by atoms with Gasteiger partial charge in [0.1, 0.15) is 0 Å². The topological polar surface area (TPSA) is 20.2 Å². The maximum absolute atomic E-state index is 3.61. The molecule has 2 aromatic rings. The Balaban J connectivity index is 1.69. The van der Waals surface area contributed by atoms with Gasteiger partial charge in [0.15, 0.2) is 0 Å². The van der Waals surface area contributed by atoms with Crippen LogP contribution in [0.5, 0.6) is 0 Å². The van der Waals surface area contributed by atoms with Crippen LogP contribution in [0.25, 0.3) is 0 Å². The number of benzene rings is 1. The van der Waals surface area contributed by atoms with E-state index in [9.17, 15) is 0 Å². The second-order valence-electron chi connectivity index (χ2n) is 5.77. The third kappa shape index (κ3) is 3.41. The van der Waals surface area contributed by atoms with E-state index in [4.69, 9.17) is 0 Å². The highest BCUT2D eigenvalue weighted by Crippen LogP contribution is 2.28. The molecule has 3 nitrogen and oxygen atoms in total. The Morgan fingerprint density at radius 1 is 1.05 bits per heavy atom. The SMILES string of the molecule is CCn1ccc(CNc2ccccc2N2CCCCC2)c1. The molecule has 0 amide bonds. The van der Waals surface area contributed by atoms with Crippen LogP contribution in [-0.2, 0) is 13.1 Å². The van der Waals surface area contributed by atoms with Crippen molar-refractivity contribution in [1.29, 1.82) is 0 Å². The zero-order valence-corrected chi connectivity index (χ0v) is 12.9. The molecule has 21 heavy (non-hydrogen) atoms. The predicted octanol–water partition coefficient (Wildman–Crippen LogP) is 4.11. The van der Waals surface area contributed by atoms with Crippen LogP contribution in [-0.4, -0.2) is 17.7 Å². The summed E-state index contributed by atoms with van der Waals surface area (Å²) in [7, 11) is 0. The molecular formula is C18H25N3. The first-order valence-electron chi connectivity index (χ1n) is 8.09. The lowest BCUT2D eigenvalue weighted by Crippen LogP contribution is -2.30. The maximum Gasteiger partial charge on any atom is 0.0602 e. The van der Waals surface area contributed by atoms with Gasteiger partial charge in [0.05, 0.1) is 11.4 Å². The van der Waals surface area contributed by atoms with Crippen molar-refractivity contribution in [2.24, 2.45) is 0 Å². The molecule has 1 aliphatic rings. The van der Waals surface area contributed by atoms with Crippen molar-refractivity contribution in [2.75, 3.05) is 23.3 Å². The fourth-order valence-corrected chi connectivity index (χ4v) is 3.02. The van der Waals surface area contributed by atoms with Crippen LogP contribution >= 0.6 is 0 Å². The van der Waals surface area contributed by atoms with Crippen LogP contribution in [0.2, 0.25) is 0 Å². The van der Waals surface area contributed by atoms with Crippen LogP contribution < -0.4 is 10.2 Å². The third-order valence-corrected chi connectivity index (χ3v) is 4.26. The molecule has 1 aromatic carbocycles. The molecule has 1 fully saturated rings. The molecule has 0 spiro atoms. The van der Waals surface area contributed by atoms with E-state index < -0.39 is 0 Å². The summed E-state index contributed by atoms with van der Waals surface area (Å²) >= 11 is 0. The highest BCUT2D eigenvalue weighted by Gasteiger charge is 2.13. The van der Waals surface area contributed by atoms with E-state index in [2.05, 4.69) is 64.4 Å². The lowest BCUT2D eigenvalue weighted by molar-refractivity contribution is 0.578. The zero-order chi connectivity index (χ0) is 14.5. The molecule has 0 radical (unpaired) electrons. The third-order valence-electron chi connectivity index (χ3n) is 4.26. The van der Waals surface area contributed by atoms with E-state index in [-0.39, 0.29) is 0 Å². The van der Waals surface area contributed by atoms with Gasteiger partial charge in [-0.25, -0.2) is 0 Å². The van der Waals surface area contributed by atoms with Gasteiger partial charge in [-0.15, -0.1) is 0 Å². The Bertz CT molecular complexity index is 567. The van der Waals surface area contributed by atoms with Crippen molar-refractivity contribution in [1.82, 2.24) is 4.57 Å². The number of nitrogens with one attached hydrogen (secondary N) is 1. The van der Waals surface area contributed by atoms with E-state index >= 15 is 0 Å². The molecule has 0 atom stereocenters. The monoisotopic (exact) mass is 283 g/mol. The first-order chi connectivity index (χ1) is 10.4. The Kier molecular flexibility index (Phi) is 4.49. The minimum absolute atomic E-state index is 0.887. The standard InChI is InChI=1S/C18H25N3/c1-2-20-13-10-16(15-20)14-19-17-8-4-5-9-18(17)21-11-6-3-7-12-21/h4-5,8-10,13,15,19H,2-3,6-7,11-12,14H2,1H3. The molecule has 3 heteroatoms. The largest absolute Gasteiger partial charge is 0.379 e. The summed E-state index contributed by atoms with van der Waals surface area (Å²) in [5, 5.41) is 3.61. The molecule has 1 N–H and O–H groups in total. The molecular weight excluding hydrogens is 258 g/mol. The van der Waals surface area contributed by atoms with Crippen molar-refractivity contribution in [3.8, 4) is 0 Å². The molecule has 1 saturated heterocycles. The van der Waals surface area contributed by atoms with Gasteiger partial charge < -0.3 is 14.8 Å². The maximum atomic E-state index is 3.61. The van der Waals surface area contributed by atoms with Crippen molar-refractivity contribution in [3.63, 3.8) is 0 Å². The number of aromatic nitrogens is 1. The average molecular weight is 283 g/mol. The van der Waals surface area contributed by atoms with Crippen LogP contribution in [0.1, 0.15) is 31.7 Å². The van der Waals surface area contributed by atoms with E-state index in [1.807, 2.05) is 0 Å². The number of aryl methyl sites for hydroxylation is 1. The molecule has 1 aromatic heterocycles. The van der Waals surface area contributed by atoms with Gasteiger partial charge in [-0.2, -0.15) is 0 Å². The summed E-state index contributed by atoms with van der Waals surface area (Å²) in [5.41, 5.74) is 3.95. The number of hydrogen-bond acceptors (Lipinski definition) is 2. The average Bonchev–Trinajstić information content (AvgIpc) is 3.02. The van der Waals surface area contributed by atoms with Crippen molar-refractivity contribution >= 4 is 11.4 Å². The van der Waals surface area contributed by atoms with Gasteiger partial charge in [-0.1, -0.05) is 12.1 Å². The number of piperidine rings is 1. The van der Waals surface area contributed by atoms with Gasteiger partial charge >= 0.3 is 0 Å². The number of anilines is 2. The van der Waals surface area contributed by atoms with Gasteiger partial charge in [0, 0.05) is 38.6 Å². The van der Waals surface area contributed by atoms with Gasteiger partial charge in [-0.05, 0) is 49.9 Å². The summed E-state index contributed by atoms with van der Waals surface area (Å²) in [4.78, 5) is 2.52. The molecule has 1 aliphatic heterocycles. The molecule has 0 saturated carbocycles.